The minimum atomic E-state index is -5.32. The van der Waals surface area contributed by atoms with E-state index in [2.05, 4.69) is 4.98 Å². The molecule has 0 amide bonds. The van der Waals surface area contributed by atoms with Crippen molar-refractivity contribution in [2.45, 2.75) is 19.0 Å². The van der Waals surface area contributed by atoms with E-state index in [9.17, 15) is 31.5 Å². The molecule has 1 aromatic heterocycles. The number of carboxylic acid groups (broad SMARTS) is 2. The molecule has 0 aliphatic heterocycles. The molecule has 0 fully saturated rings. The summed E-state index contributed by atoms with van der Waals surface area (Å²) < 4.78 is 64.8. The van der Waals surface area contributed by atoms with Crippen LogP contribution < -0.4 is 0 Å². The predicted octanol–water partition coefficient (Wildman–Crippen LogP) is 3.34. The zero-order chi connectivity index (χ0) is 17.9. The van der Waals surface area contributed by atoms with Gasteiger partial charge < -0.3 is 10.2 Å². The normalized spacial score (nSPS) is 11.8. The minimum Gasteiger partial charge on any atom is -0.478 e. The van der Waals surface area contributed by atoms with Gasteiger partial charge in [0.15, 0.2) is 5.69 Å². The molecule has 128 valence electrons. The van der Waals surface area contributed by atoms with Crippen LogP contribution in [-0.2, 0) is 12.6 Å². The quantitative estimate of drug-likeness (QED) is 0.758. The molecule has 1 heterocycles. The van der Waals surface area contributed by atoms with Gasteiger partial charge in [-0.1, -0.05) is 0 Å². The molecule has 0 saturated heterocycles. The SMILES string of the molecule is CSCCc1c(C(=O)O)c(C(F)F)nc(C(F)(F)F)c1C(=O)O. The number of hydrogen-bond donors (Lipinski definition) is 2. The standard InChI is InChI=1S/C12H10F5NO4S/c1-23-3-2-4-5(10(19)20)7(9(13)14)18-8(12(15,16)17)6(4)11(21)22/h9H,2-3H2,1H3,(H,19,20)(H,21,22). The fourth-order valence-electron chi connectivity index (χ4n) is 1.94. The van der Waals surface area contributed by atoms with E-state index in [1.54, 1.807) is 6.26 Å². The highest BCUT2D eigenvalue weighted by Gasteiger charge is 2.42. The summed E-state index contributed by atoms with van der Waals surface area (Å²) in [5, 5.41) is 18.1. The highest BCUT2D eigenvalue weighted by molar-refractivity contribution is 7.98. The smallest absolute Gasteiger partial charge is 0.434 e. The van der Waals surface area contributed by atoms with Crippen LogP contribution in [0, 0.1) is 0 Å². The van der Waals surface area contributed by atoms with Gasteiger partial charge >= 0.3 is 18.1 Å². The molecule has 0 atom stereocenters. The third-order valence-electron chi connectivity index (χ3n) is 2.79. The summed E-state index contributed by atoms with van der Waals surface area (Å²) in [6.07, 6.45) is -7.81. The van der Waals surface area contributed by atoms with E-state index in [1.165, 1.54) is 0 Å². The first-order valence-corrected chi connectivity index (χ1v) is 7.29. The Bertz CT molecular complexity index is 633. The van der Waals surface area contributed by atoms with E-state index in [0.29, 0.717) is 0 Å². The van der Waals surface area contributed by atoms with E-state index in [4.69, 9.17) is 10.2 Å². The Balaban J connectivity index is 3.92. The summed E-state index contributed by atoms with van der Waals surface area (Å²) in [5.41, 5.74) is -7.03. The van der Waals surface area contributed by atoms with Crippen LogP contribution in [0.3, 0.4) is 0 Å². The van der Waals surface area contributed by atoms with Crippen molar-refractivity contribution in [3.8, 4) is 0 Å². The Hall–Kier alpha value is -1.91. The lowest BCUT2D eigenvalue weighted by molar-refractivity contribution is -0.142. The molecular formula is C12H10F5NO4S. The molecular weight excluding hydrogens is 349 g/mol. The highest BCUT2D eigenvalue weighted by atomic mass is 32.2. The molecule has 0 spiro atoms. The number of aromatic carboxylic acids is 2. The maximum atomic E-state index is 13.0. The Morgan fingerprint density at radius 2 is 1.70 bits per heavy atom. The number of aromatic nitrogens is 1. The first-order chi connectivity index (χ1) is 10.5. The highest BCUT2D eigenvalue weighted by Crippen LogP contribution is 2.37. The van der Waals surface area contributed by atoms with Crippen LogP contribution in [0.4, 0.5) is 22.0 Å². The fraction of sp³-hybridized carbons (Fsp3) is 0.417. The fourth-order valence-corrected chi connectivity index (χ4v) is 2.35. The summed E-state index contributed by atoms with van der Waals surface area (Å²) in [7, 11) is 0. The van der Waals surface area contributed by atoms with Gasteiger partial charge in [-0.15, -0.1) is 0 Å². The van der Waals surface area contributed by atoms with E-state index in [-0.39, 0.29) is 5.75 Å². The van der Waals surface area contributed by atoms with Crippen molar-refractivity contribution < 1.29 is 41.8 Å². The Morgan fingerprint density at radius 3 is 2.04 bits per heavy atom. The monoisotopic (exact) mass is 359 g/mol. The number of carboxylic acids is 2. The van der Waals surface area contributed by atoms with Gasteiger partial charge in [-0.3, -0.25) is 0 Å². The summed E-state index contributed by atoms with van der Waals surface area (Å²) in [6, 6.07) is 0. The zero-order valence-electron chi connectivity index (χ0n) is 11.4. The molecule has 5 nitrogen and oxygen atoms in total. The van der Waals surface area contributed by atoms with E-state index in [1.807, 2.05) is 0 Å². The number of halogens is 5. The van der Waals surface area contributed by atoms with Crippen LogP contribution in [0.2, 0.25) is 0 Å². The first kappa shape index (κ1) is 19.1. The lowest BCUT2D eigenvalue weighted by atomic mass is 9.95. The Labute approximate surface area is 130 Å². The number of carbonyl (C=O) groups is 2. The molecule has 0 aliphatic rings. The van der Waals surface area contributed by atoms with E-state index < -0.39 is 59.0 Å². The molecule has 1 aromatic rings. The van der Waals surface area contributed by atoms with Crippen LogP contribution in [0.5, 0.6) is 0 Å². The number of alkyl halides is 5. The molecule has 11 heteroatoms. The van der Waals surface area contributed by atoms with Crippen LogP contribution in [0.25, 0.3) is 0 Å². The number of rotatable bonds is 6. The third-order valence-corrected chi connectivity index (χ3v) is 3.40. The van der Waals surface area contributed by atoms with Crippen molar-refractivity contribution in [3.05, 3.63) is 28.1 Å². The molecule has 2 N–H and O–H groups in total. The molecule has 0 radical (unpaired) electrons. The predicted molar refractivity (Wildman–Crippen MR) is 70.2 cm³/mol. The molecule has 0 aromatic carbocycles. The van der Waals surface area contributed by atoms with Crippen LogP contribution in [-0.4, -0.2) is 39.1 Å². The van der Waals surface area contributed by atoms with Gasteiger partial charge in [-0.2, -0.15) is 24.9 Å². The van der Waals surface area contributed by atoms with Gasteiger partial charge in [-0.25, -0.2) is 23.4 Å². The number of pyridine rings is 1. The van der Waals surface area contributed by atoms with Gasteiger partial charge in [0, 0.05) is 0 Å². The third kappa shape index (κ3) is 4.09. The summed E-state index contributed by atoms with van der Waals surface area (Å²) in [6.45, 7) is 0. The molecule has 0 unspecified atom stereocenters. The average molecular weight is 359 g/mol. The maximum absolute atomic E-state index is 13.0. The number of nitrogens with zero attached hydrogens (tertiary/aromatic N) is 1. The van der Waals surface area contributed by atoms with Crippen molar-refractivity contribution in [2.75, 3.05) is 12.0 Å². The summed E-state index contributed by atoms with van der Waals surface area (Å²) >= 11 is 1.09. The Kier molecular flexibility index (Phi) is 5.92. The molecule has 0 aliphatic carbocycles. The van der Waals surface area contributed by atoms with Gasteiger partial charge in [0.2, 0.25) is 0 Å². The topological polar surface area (TPSA) is 87.5 Å². The number of hydrogen-bond acceptors (Lipinski definition) is 4. The zero-order valence-corrected chi connectivity index (χ0v) is 12.3. The van der Waals surface area contributed by atoms with Crippen LogP contribution in [0.15, 0.2) is 0 Å². The summed E-state index contributed by atoms with van der Waals surface area (Å²) in [5.74, 6) is -3.99. The number of thioether (sulfide) groups is 1. The van der Waals surface area contributed by atoms with Gasteiger partial charge in [0.25, 0.3) is 6.43 Å². The van der Waals surface area contributed by atoms with Crippen LogP contribution in [0.1, 0.15) is 44.1 Å². The molecule has 0 saturated carbocycles. The van der Waals surface area contributed by atoms with Crippen molar-refractivity contribution in [2.24, 2.45) is 0 Å². The molecule has 0 bridgehead atoms. The van der Waals surface area contributed by atoms with Gasteiger partial charge in [0.1, 0.15) is 5.69 Å². The Morgan fingerprint density at radius 1 is 1.17 bits per heavy atom. The van der Waals surface area contributed by atoms with Crippen molar-refractivity contribution in [1.82, 2.24) is 4.98 Å². The van der Waals surface area contributed by atoms with Crippen molar-refractivity contribution in [3.63, 3.8) is 0 Å². The largest absolute Gasteiger partial charge is 0.478 e. The lowest BCUT2D eigenvalue weighted by Crippen LogP contribution is -2.24. The second kappa shape index (κ2) is 7.11. The molecule has 1 rings (SSSR count). The lowest BCUT2D eigenvalue weighted by Gasteiger charge is -2.18. The van der Waals surface area contributed by atoms with Gasteiger partial charge in [-0.05, 0) is 24.0 Å². The minimum absolute atomic E-state index is 0.0462. The van der Waals surface area contributed by atoms with Crippen molar-refractivity contribution in [1.29, 1.82) is 0 Å². The van der Waals surface area contributed by atoms with Crippen molar-refractivity contribution >= 4 is 23.7 Å². The van der Waals surface area contributed by atoms with Crippen LogP contribution >= 0.6 is 11.8 Å². The average Bonchev–Trinajstić information content (AvgIpc) is 2.41. The second-order valence-corrected chi connectivity index (χ2v) is 5.21. The van der Waals surface area contributed by atoms with Gasteiger partial charge in [0.05, 0.1) is 11.1 Å². The maximum Gasteiger partial charge on any atom is 0.434 e. The summed E-state index contributed by atoms with van der Waals surface area (Å²) in [4.78, 5) is 25.0. The molecule has 23 heavy (non-hydrogen) atoms. The van der Waals surface area contributed by atoms with E-state index in [0.717, 1.165) is 11.8 Å². The first-order valence-electron chi connectivity index (χ1n) is 5.90. The van der Waals surface area contributed by atoms with E-state index >= 15 is 0 Å². The second-order valence-electron chi connectivity index (χ2n) is 4.23.